The predicted octanol–water partition coefficient (Wildman–Crippen LogP) is 4.91. The van der Waals surface area contributed by atoms with Crippen LogP contribution < -0.4 is 0 Å². The molecule has 0 amide bonds. The van der Waals surface area contributed by atoms with Gasteiger partial charge in [0.15, 0.2) is 0 Å². The number of unbranched alkanes of at least 4 members (excludes halogenated alkanes) is 1. The normalized spacial score (nSPS) is 14.4. The lowest BCUT2D eigenvalue weighted by Crippen LogP contribution is -2.11. The molecule has 18 heavy (non-hydrogen) atoms. The molecular formula is C16H28N2. The van der Waals surface area contributed by atoms with Crippen LogP contribution >= 0.6 is 0 Å². The molecule has 102 valence electrons. The number of nitrogens with zero attached hydrogens (tertiary/aromatic N) is 2. The van der Waals surface area contributed by atoms with E-state index in [-0.39, 0.29) is 0 Å². The Kier molecular flexibility index (Phi) is 8.99. The third-order valence-electron chi connectivity index (χ3n) is 2.87. The number of allylic oxidation sites excluding steroid dienone is 5. The number of hydrogen-bond acceptors (Lipinski definition) is 2. The van der Waals surface area contributed by atoms with E-state index in [1.807, 2.05) is 18.3 Å². The highest BCUT2D eigenvalue weighted by Crippen LogP contribution is 2.14. The lowest BCUT2D eigenvalue weighted by Gasteiger charge is -2.17. The van der Waals surface area contributed by atoms with E-state index in [1.165, 1.54) is 11.1 Å². The zero-order valence-electron chi connectivity index (χ0n) is 12.8. The molecule has 0 N–H and O–H groups in total. The Morgan fingerprint density at radius 2 is 1.83 bits per heavy atom. The van der Waals surface area contributed by atoms with Gasteiger partial charge in [-0.05, 0) is 39.2 Å². The summed E-state index contributed by atoms with van der Waals surface area (Å²) in [7, 11) is 2.00. The number of rotatable bonds is 7. The number of hydrazone groups is 1. The lowest BCUT2D eigenvalue weighted by atomic mass is 10.1. The van der Waals surface area contributed by atoms with E-state index in [1.54, 1.807) is 0 Å². The van der Waals surface area contributed by atoms with Crippen LogP contribution in [-0.2, 0) is 0 Å². The first kappa shape index (κ1) is 16.7. The quantitative estimate of drug-likeness (QED) is 0.355. The summed E-state index contributed by atoms with van der Waals surface area (Å²) in [6.45, 7) is 10.7. The van der Waals surface area contributed by atoms with Crippen LogP contribution in [0.5, 0.6) is 0 Å². The Balaban J connectivity index is 4.78. The second-order valence-corrected chi connectivity index (χ2v) is 4.50. The van der Waals surface area contributed by atoms with E-state index < -0.39 is 0 Å². The lowest BCUT2D eigenvalue weighted by molar-refractivity contribution is 0.454. The summed E-state index contributed by atoms with van der Waals surface area (Å²) in [5.74, 6) is 0. The maximum absolute atomic E-state index is 4.43. The summed E-state index contributed by atoms with van der Waals surface area (Å²) in [6, 6.07) is 0. The highest BCUT2D eigenvalue weighted by atomic mass is 15.4. The Morgan fingerprint density at radius 1 is 1.17 bits per heavy atom. The first-order valence-electron chi connectivity index (χ1n) is 6.83. The van der Waals surface area contributed by atoms with Gasteiger partial charge in [-0.2, -0.15) is 5.10 Å². The van der Waals surface area contributed by atoms with Crippen molar-refractivity contribution in [3.63, 3.8) is 0 Å². The van der Waals surface area contributed by atoms with E-state index in [9.17, 15) is 0 Å². The molecule has 0 fully saturated rings. The van der Waals surface area contributed by atoms with Gasteiger partial charge >= 0.3 is 0 Å². The van der Waals surface area contributed by atoms with Crippen molar-refractivity contribution in [2.24, 2.45) is 5.10 Å². The summed E-state index contributed by atoms with van der Waals surface area (Å²) in [4.78, 5) is 0. The first-order valence-corrected chi connectivity index (χ1v) is 6.83. The van der Waals surface area contributed by atoms with E-state index in [0.29, 0.717) is 0 Å². The molecule has 0 aliphatic rings. The van der Waals surface area contributed by atoms with Gasteiger partial charge in [-0.25, -0.2) is 0 Å². The number of hydrogen-bond donors (Lipinski definition) is 0. The van der Waals surface area contributed by atoms with Crippen molar-refractivity contribution in [3.8, 4) is 0 Å². The summed E-state index contributed by atoms with van der Waals surface area (Å²) in [5.41, 5.74) is 3.78. The molecule has 0 rings (SSSR count). The standard InChI is InChI=1S/C16H28N2/c1-7-10-13-17-18(6)16(9-3)15(5)12-11-14(4)8-2/h9,11-13H,7-8,10H2,1-6H3. The zero-order chi connectivity index (χ0) is 14.0. The minimum absolute atomic E-state index is 1.03. The molecule has 0 saturated carbocycles. The molecule has 0 aliphatic heterocycles. The fraction of sp³-hybridized carbons (Fsp3) is 0.562. The molecule has 0 unspecified atom stereocenters. The largest absolute Gasteiger partial charge is 0.269 e. The van der Waals surface area contributed by atoms with Crippen molar-refractivity contribution in [2.75, 3.05) is 7.05 Å². The van der Waals surface area contributed by atoms with Gasteiger partial charge in [0, 0.05) is 13.3 Å². The van der Waals surface area contributed by atoms with E-state index in [2.05, 4.69) is 57.9 Å². The molecule has 0 aromatic rings. The maximum atomic E-state index is 4.43. The Bertz CT molecular complexity index is 346. The molecule has 0 aromatic carbocycles. The van der Waals surface area contributed by atoms with Gasteiger partial charge in [0.1, 0.15) is 0 Å². The van der Waals surface area contributed by atoms with Crippen molar-refractivity contribution in [1.82, 2.24) is 5.01 Å². The van der Waals surface area contributed by atoms with Crippen LogP contribution in [0.2, 0.25) is 0 Å². The van der Waals surface area contributed by atoms with Gasteiger partial charge in [-0.1, -0.05) is 44.1 Å². The van der Waals surface area contributed by atoms with Gasteiger partial charge < -0.3 is 0 Å². The summed E-state index contributed by atoms with van der Waals surface area (Å²) >= 11 is 0. The monoisotopic (exact) mass is 248 g/mol. The van der Waals surface area contributed by atoms with Crippen LogP contribution in [-0.4, -0.2) is 18.3 Å². The molecule has 0 heterocycles. The zero-order valence-corrected chi connectivity index (χ0v) is 12.8. The summed E-state index contributed by atoms with van der Waals surface area (Å²) < 4.78 is 0. The SMILES string of the molecule is CC=C(C(C)=CC=C(C)CC)N(C)N=CCCC. The maximum Gasteiger partial charge on any atom is 0.0576 e. The smallest absolute Gasteiger partial charge is 0.0576 e. The van der Waals surface area contributed by atoms with Crippen molar-refractivity contribution in [2.45, 2.75) is 53.9 Å². The minimum atomic E-state index is 1.03. The van der Waals surface area contributed by atoms with Gasteiger partial charge in [0.05, 0.1) is 5.70 Å². The van der Waals surface area contributed by atoms with E-state index in [4.69, 9.17) is 0 Å². The Hall–Kier alpha value is -1.31. The third kappa shape index (κ3) is 6.43. The third-order valence-corrected chi connectivity index (χ3v) is 2.87. The molecule has 2 heteroatoms. The average Bonchev–Trinajstić information content (AvgIpc) is 2.37. The van der Waals surface area contributed by atoms with Crippen LogP contribution in [0, 0.1) is 0 Å². The molecule has 2 nitrogen and oxygen atoms in total. The fourth-order valence-corrected chi connectivity index (χ4v) is 1.51. The minimum Gasteiger partial charge on any atom is -0.269 e. The highest BCUT2D eigenvalue weighted by molar-refractivity contribution is 5.56. The fourth-order valence-electron chi connectivity index (χ4n) is 1.51. The van der Waals surface area contributed by atoms with E-state index >= 15 is 0 Å². The second-order valence-electron chi connectivity index (χ2n) is 4.50. The molecule has 0 spiro atoms. The Morgan fingerprint density at radius 3 is 2.33 bits per heavy atom. The topological polar surface area (TPSA) is 15.6 Å². The predicted molar refractivity (Wildman–Crippen MR) is 82.7 cm³/mol. The van der Waals surface area contributed by atoms with Crippen LogP contribution in [0.3, 0.4) is 0 Å². The van der Waals surface area contributed by atoms with Crippen LogP contribution in [0.25, 0.3) is 0 Å². The highest BCUT2D eigenvalue weighted by Gasteiger charge is 2.02. The van der Waals surface area contributed by atoms with Crippen LogP contribution in [0.4, 0.5) is 0 Å². The van der Waals surface area contributed by atoms with Crippen LogP contribution in [0.1, 0.15) is 53.9 Å². The van der Waals surface area contributed by atoms with Crippen molar-refractivity contribution in [3.05, 3.63) is 35.1 Å². The van der Waals surface area contributed by atoms with Gasteiger partial charge in [0.25, 0.3) is 0 Å². The van der Waals surface area contributed by atoms with Crippen molar-refractivity contribution < 1.29 is 0 Å². The van der Waals surface area contributed by atoms with Crippen molar-refractivity contribution >= 4 is 6.21 Å². The summed E-state index contributed by atoms with van der Waals surface area (Å²) in [5, 5.41) is 6.37. The molecule has 0 aromatic heterocycles. The molecule has 0 aliphatic carbocycles. The molecule has 0 radical (unpaired) electrons. The van der Waals surface area contributed by atoms with Gasteiger partial charge in [0.2, 0.25) is 0 Å². The second kappa shape index (κ2) is 9.69. The van der Waals surface area contributed by atoms with Gasteiger partial charge in [-0.15, -0.1) is 0 Å². The first-order chi connectivity index (χ1) is 8.56. The summed E-state index contributed by atoms with van der Waals surface area (Å²) in [6.07, 6.45) is 11.7. The molecule has 0 atom stereocenters. The number of likely N-dealkylation sites (N-methyl/N-ethyl adjacent to an activating group) is 1. The van der Waals surface area contributed by atoms with Crippen LogP contribution in [0.15, 0.2) is 40.2 Å². The Labute approximate surface area is 113 Å². The van der Waals surface area contributed by atoms with Crippen molar-refractivity contribution in [1.29, 1.82) is 0 Å². The average molecular weight is 248 g/mol. The molecule has 0 bridgehead atoms. The van der Waals surface area contributed by atoms with Gasteiger partial charge in [-0.3, -0.25) is 5.01 Å². The molecular weight excluding hydrogens is 220 g/mol. The van der Waals surface area contributed by atoms with E-state index in [0.717, 1.165) is 25.0 Å². The molecule has 0 saturated heterocycles.